The number of sulfonamides is 1. The molecule has 8 heteroatoms. The van der Waals surface area contributed by atoms with Crippen LogP contribution in [0.5, 0.6) is 5.75 Å². The fraction of sp³-hybridized carbons (Fsp3) is 0.316. The molecule has 2 aromatic rings. The molecule has 0 aliphatic rings. The SMILES string of the molecule is COc1ccccc1C(CNC(=O)c1ccc(NS(C)(=O)=O)cc1)N(C)C. The second-order valence-electron chi connectivity index (χ2n) is 6.38. The number of carbonyl (C=O) groups excluding carboxylic acids is 1. The highest BCUT2D eigenvalue weighted by atomic mass is 32.2. The highest BCUT2D eigenvalue weighted by Crippen LogP contribution is 2.27. The number of benzene rings is 2. The van der Waals surface area contributed by atoms with E-state index < -0.39 is 10.0 Å². The summed E-state index contributed by atoms with van der Waals surface area (Å²) in [5.41, 5.74) is 1.85. The Morgan fingerprint density at radius 1 is 1.11 bits per heavy atom. The van der Waals surface area contributed by atoms with Crippen molar-refractivity contribution in [1.29, 1.82) is 0 Å². The Balaban J connectivity index is 2.08. The normalized spacial score (nSPS) is 12.5. The Morgan fingerprint density at radius 3 is 2.30 bits per heavy atom. The number of rotatable bonds is 8. The van der Waals surface area contributed by atoms with Gasteiger partial charge in [-0.25, -0.2) is 8.42 Å². The summed E-state index contributed by atoms with van der Waals surface area (Å²) in [4.78, 5) is 14.5. The molecule has 0 radical (unpaired) electrons. The zero-order valence-electron chi connectivity index (χ0n) is 15.9. The van der Waals surface area contributed by atoms with Gasteiger partial charge in [-0.05, 0) is 44.4 Å². The van der Waals surface area contributed by atoms with Crippen LogP contribution in [0.2, 0.25) is 0 Å². The lowest BCUT2D eigenvalue weighted by molar-refractivity contribution is 0.0941. The molecule has 1 unspecified atom stereocenters. The lowest BCUT2D eigenvalue weighted by Gasteiger charge is -2.26. The van der Waals surface area contributed by atoms with Gasteiger partial charge >= 0.3 is 0 Å². The molecule has 0 aliphatic heterocycles. The van der Waals surface area contributed by atoms with E-state index in [4.69, 9.17) is 4.74 Å². The lowest BCUT2D eigenvalue weighted by atomic mass is 10.0. The van der Waals surface area contributed by atoms with Gasteiger partial charge in [0.1, 0.15) is 5.75 Å². The molecule has 7 nitrogen and oxygen atoms in total. The van der Waals surface area contributed by atoms with E-state index in [1.165, 1.54) is 0 Å². The fourth-order valence-corrected chi connectivity index (χ4v) is 3.27. The number of anilines is 1. The summed E-state index contributed by atoms with van der Waals surface area (Å²) in [7, 11) is 2.15. The van der Waals surface area contributed by atoms with E-state index >= 15 is 0 Å². The number of nitrogens with zero attached hydrogens (tertiary/aromatic N) is 1. The van der Waals surface area contributed by atoms with Crippen LogP contribution in [0.1, 0.15) is 22.0 Å². The van der Waals surface area contributed by atoms with Gasteiger partial charge in [-0.1, -0.05) is 18.2 Å². The van der Waals surface area contributed by atoms with Gasteiger partial charge in [0.2, 0.25) is 10.0 Å². The molecule has 0 aromatic heterocycles. The molecule has 0 aliphatic carbocycles. The van der Waals surface area contributed by atoms with E-state index in [1.54, 1.807) is 31.4 Å². The van der Waals surface area contributed by atoms with Crippen molar-refractivity contribution in [2.45, 2.75) is 6.04 Å². The number of likely N-dealkylation sites (N-methyl/N-ethyl adjacent to an activating group) is 1. The van der Waals surface area contributed by atoms with E-state index in [9.17, 15) is 13.2 Å². The second-order valence-corrected chi connectivity index (χ2v) is 8.13. The lowest BCUT2D eigenvalue weighted by Crippen LogP contribution is -2.34. The summed E-state index contributed by atoms with van der Waals surface area (Å²) in [6.45, 7) is 0.398. The zero-order valence-corrected chi connectivity index (χ0v) is 16.7. The number of para-hydroxylation sites is 1. The quantitative estimate of drug-likeness (QED) is 0.720. The highest BCUT2D eigenvalue weighted by molar-refractivity contribution is 7.92. The number of methoxy groups -OCH3 is 1. The molecule has 0 fully saturated rings. The van der Waals surface area contributed by atoms with Crippen LogP contribution in [-0.4, -0.2) is 53.2 Å². The van der Waals surface area contributed by atoms with E-state index in [0.717, 1.165) is 17.6 Å². The average molecular weight is 391 g/mol. The van der Waals surface area contributed by atoms with E-state index in [-0.39, 0.29) is 11.9 Å². The number of hydrogen-bond acceptors (Lipinski definition) is 5. The maximum atomic E-state index is 12.5. The van der Waals surface area contributed by atoms with Crippen molar-refractivity contribution in [1.82, 2.24) is 10.2 Å². The van der Waals surface area contributed by atoms with Gasteiger partial charge in [0.25, 0.3) is 5.91 Å². The third-order valence-electron chi connectivity index (χ3n) is 4.03. The second kappa shape index (κ2) is 8.88. The Hall–Kier alpha value is -2.58. The van der Waals surface area contributed by atoms with E-state index in [0.29, 0.717) is 17.8 Å². The van der Waals surface area contributed by atoms with Crippen LogP contribution in [0.25, 0.3) is 0 Å². The minimum absolute atomic E-state index is 0.0590. The summed E-state index contributed by atoms with van der Waals surface area (Å²) in [5.74, 6) is 0.532. The van der Waals surface area contributed by atoms with E-state index in [2.05, 4.69) is 10.0 Å². The molecular weight excluding hydrogens is 366 g/mol. The third kappa shape index (κ3) is 5.97. The molecule has 2 N–H and O–H groups in total. The van der Waals surface area contributed by atoms with Gasteiger partial charge in [-0.2, -0.15) is 0 Å². The van der Waals surface area contributed by atoms with Crippen molar-refractivity contribution < 1.29 is 17.9 Å². The van der Waals surface area contributed by atoms with Gasteiger partial charge in [0, 0.05) is 23.4 Å². The van der Waals surface area contributed by atoms with Crippen molar-refractivity contribution >= 4 is 21.6 Å². The number of carbonyl (C=O) groups is 1. The summed E-state index contributed by atoms with van der Waals surface area (Å²) >= 11 is 0. The van der Waals surface area contributed by atoms with Gasteiger partial charge in [-0.15, -0.1) is 0 Å². The Bertz CT molecular complexity index is 880. The number of amides is 1. The minimum Gasteiger partial charge on any atom is -0.496 e. The summed E-state index contributed by atoms with van der Waals surface area (Å²) in [5, 5.41) is 2.92. The van der Waals surface area contributed by atoms with Crippen LogP contribution in [0.3, 0.4) is 0 Å². The largest absolute Gasteiger partial charge is 0.496 e. The van der Waals surface area contributed by atoms with Crippen LogP contribution in [0.15, 0.2) is 48.5 Å². The molecule has 0 spiro atoms. The molecule has 1 atom stereocenters. The van der Waals surface area contributed by atoms with Gasteiger partial charge in [-0.3, -0.25) is 9.52 Å². The summed E-state index contributed by atoms with van der Waals surface area (Å²) < 4.78 is 30.3. The van der Waals surface area contributed by atoms with Gasteiger partial charge < -0.3 is 15.0 Å². The van der Waals surface area contributed by atoms with Crippen molar-refractivity contribution in [2.75, 3.05) is 38.7 Å². The predicted octanol–water partition coefficient (Wildman–Crippen LogP) is 2.10. The molecular formula is C19H25N3O4S. The van der Waals surface area contributed by atoms with Crippen LogP contribution >= 0.6 is 0 Å². The Morgan fingerprint density at radius 2 is 1.74 bits per heavy atom. The fourth-order valence-electron chi connectivity index (χ4n) is 2.71. The molecule has 2 rings (SSSR count). The Kier molecular flexibility index (Phi) is 6.81. The molecule has 0 bridgehead atoms. The van der Waals surface area contributed by atoms with Crippen LogP contribution in [0, 0.1) is 0 Å². The standard InChI is InChI=1S/C19H25N3O4S/c1-22(2)17(16-7-5-6-8-18(16)26-3)13-20-19(23)14-9-11-15(12-10-14)21-27(4,24)25/h5-12,17,21H,13H2,1-4H3,(H,20,23). The topological polar surface area (TPSA) is 87.7 Å². The zero-order chi connectivity index (χ0) is 20.0. The molecule has 0 saturated carbocycles. The summed E-state index contributed by atoms with van der Waals surface area (Å²) in [6.07, 6.45) is 1.08. The molecule has 27 heavy (non-hydrogen) atoms. The first kappa shape index (κ1) is 20.7. The number of nitrogens with one attached hydrogen (secondary N) is 2. The monoisotopic (exact) mass is 391 g/mol. The van der Waals surface area contributed by atoms with Crippen molar-refractivity contribution in [3.63, 3.8) is 0 Å². The Labute approximate surface area is 160 Å². The van der Waals surface area contributed by atoms with Gasteiger partial charge in [0.15, 0.2) is 0 Å². The first-order valence-corrected chi connectivity index (χ1v) is 10.3. The maximum Gasteiger partial charge on any atom is 0.251 e. The smallest absolute Gasteiger partial charge is 0.251 e. The van der Waals surface area contributed by atoms with Crippen LogP contribution in [0.4, 0.5) is 5.69 Å². The third-order valence-corrected chi connectivity index (χ3v) is 4.63. The minimum atomic E-state index is -3.35. The number of hydrogen-bond donors (Lipinski definition) is 2. The first-order chi connectivity index (χ1) is 12.7. The average Bonchev–Trinajstić information content (AvgIpc) is 2.61. The molecule has 1 amide bonds. The molecule has 146 valence electrons. The first-order valence-electron chi connectivity index (χ1n) is 8.36. The van der Waals surface area contributed by atoms with Gasteiger partial charge in [0.05, 0.1) is 19.4 Å². The number of ether oxygens (including phenoxy) is 1. The molecule has 0 heterocycles. The van der Waals surface area contributed by atoms with Crippen molar-refractivity contribution in [3.8, 4) is 5.75 Å². The van der Waals surface area contributed by atoms with Crippen molar-refractivity contribution in [3.05, 3.63) is 59.7 Å². The molecule has 0 saturated heterocycles. The van der Waals surface area contributed by atoms with Crippen LogP contribution in [-0.2, 0) is 10.0 Å². The molecule has 2 aromatic carbocycles. The van der Waals surface area contributed by atoms with E-state index in [1.807, 2.05) is 43.3 Å². The summed E-state index contributed by atoms with van der Waals surface area (Å²) in [6, 6.07) is 13.9. The van der Waals surface area contributed by atoms with Crippen LogP contribution < -0.4 is 14.8 Å². The maximum absolute atomic E-state index is 12.5. The predicted molar refractivity (Wildman–Crippen MR) is 107 cm³/mol. The highest BCUT2D eigenvalue weighted by Gasteiger charge is 2.19. The van der Waals surface area contributed by atoms with Crippen molar-refractivity contribution in [2.24, 2.45) is 0 Å².